The summed E-state index contributed by atoms with van der Waals surface area (Å²) in [6, 6.07) is 0. The zero-order valence-electron chi connectivity index (χ0n) is 52.6. The van der Waals surface area contributed by atoms with Crippen LogP contribution in [0.2, 0.25) is 0 Å². The summed E-state index contributed by atoms with van der Waals surface area (Å²) in [5.74, 6) is -0.883. The van der Waals surface area contributed by atoms with Crippen LogP contribution in [-0.2, 0) is 32.7 Å². The van der Waals surface area contributed by atoms with Crippen molar-refractivity contribution in [1.29, 1.82) is 0 Å². The fourth-order valence-electron chi connectivity index (χ4n) is 8.62. The SMILES string of the molecule is CC/C=C\C/C=C\C/C=C\C/C=C\C/C=C\C/C=C\C/C=C\C/C=C\CCCCC(=O)OC(COC(=O)CCCCCCCCCCCCCCCCCCCCC/C=C\C/C=C\C/C=C\C/C=C\C/C=C\CC)COP(=O)(O)OCCN. The number of unbranched alkanes of at least 4 members (excludes halogenated alkanes) is 21. The molecule has 2 unspecified atom stereocenters. The molecule has 0 aromatic carbocycles. The molecule has 9 nitrogen and oxygen atoms in total. The van der Waals surface area contributed by atoms with Gasteiger partial charge in [0.15, 0.2) is 6.10 Å². The van der Waals surface area contributed by atoms with Crippen LogP contribution >= 0.6 is 7.82 Å². The monoisotopic (exact) mass is 1170 g/mol. The summed E-state index contributed by atoms with van der Waals surface area (Å²) < 4.78 is 33.1. The Kier molecular flexibility index (Phi) is 63.3. The highest BCUT2D eigenvalue weighted by molar-refractivity contribution is 7.47. The average molecular weight is 1170 g/mol. The number of carbonyl (C=O) groups excluding carboxylic acids is 2. The molecule has 0 aliphatic rings. The Labute approximate surface area is 509 Å². The van der Waals surface area contributed by atoms with E-state index >= 15 is 0 Å². The number of allylic oxidation sites excluding steroid dienone is 26. The Hall–Kier alpha value is -4.37. The van der Waals surface area contributed by atoms with Gasteiger partial charge in [0, 0.05) is 19.4 Å². The minimum atomic E-state index is -4.41. The molecule has 0 saturated heterocycles. The van der Waals surface area contributed by atoms with Crippen LogP contribution < -0.4 is 5.73 Å². The summed E-state index contributed by atoms with van der Waals surface area (Å²) in [7, 11) is -4.41. The molecule has 10 heteroatoms. The molecule has 0 fully saturated rings. The van der Waals surface area contributed by atoms with E-state index in [1.807, 2.05) is 0 Å². The van der Waals surface area contributed by atoms with Gasteiger partial charge >= 0.3 is 19.8 Å². The zero-order chi connectivity index (χ0) is 60.1. The smallest absolute Gasteiger partial charge is 0.462 e. The fourth-order valence-corrected chi connectivity index (χ4v) is 9.39. The maximum Gasteiger partial charge on any atom is 0.472 e. The number of hydrogen-bond acceptors (Lipinski definition) is 8. The predicted molar refractivity (Wildman–Crippen MR) is 357 cm³/mol. The number of ether oxygens (including phenoxy) is 2. The second-order valence-corrected chi connectivity index (χ2v) is 22.7. The van der Waals surface area contributed by atoms with Crippen LogP contribution in [0.15, 0.2) is 158 Å². The molecule has 0 aliphatic carbocycles. The Morgan fingerprint density at radius 2 is 0.627 bits per heavy atom. The van der Waals surface area contributed by atoms with Gasteiger partial charge in [-0.25, -0.2) is 4.57 Å². The van der Waals surface area contributed by atoms with E-state index in [1.54, 1.807) is 0 Å². The van der Waals surface area contributed by atoms with Crippen molar-refractivity contribution in [2.24, 2.45) is 5.73 Å². The van der Waals surface area contributed by atoms with Gasteiger partial charge in [-0.1, -0.05) is 281 Å². The molecule has 0 aromatic heterocycles. The highest BCUT2D eigenvalue weighted by Crippen LogP contribution is 2.43. The summed E-state index contributed by atoms with van der Waals surface area (Å²) in [6.07, 6.45) is 97.6. The van der Waals surface area contributed by atoms with Crippen molar-refractivity contribution in [2.75, 3.05) is 26.4 Å². The lowest BCUT2D eigenvalue weighted by Crippen LogP contribution is -2.29. The van der Waals surface area contributed by atoms with Crippen LogP contribution in [0, 0.1) is 0 Å². The summed E-state index contributed by atoms with van der Waals surface area (Å²) in [6.45, 7) is 3.46. The van der Waals surface area contributed by atoms with Gasteiger partial charge in [-0.15, -0.1) is 0 Å². The molecule has 470 valence electrons. The molecule has 0 radical (unpaired) electrons. The van der Waals surface area contributed by atoms with Crippen LogP contribution in [0.25, 0.3) is 0 Å². The first-order chi connectivity index (χ1) is 40.8. The van der Waals surface area contributed by atoms with Crippen LogP contribution in [0.3, 0.4) is 0 Å². The summed E-state index contributed by atoms with van der Waals surface area (Å²) in [5, 5.41) is 0. The molecular weight excluding hydrogens is 1050 g/mol. The van der Waals surface area contributed by atoms with Crippen molar-refractivity contribution >= 4 is 19.8 Å². The molecule has 0 bridgehead atoms. The molecule has 0 saturated carbocycles. The van der Waals surface area contributed by atoms with Crippen LogP contribution in [0.4, 0.5) is 0 Å². The normalized spacial score (nSPS) is 14.0. The maximum absolute atomic E-state index is 12.7. The summed E-state index contributed by atoms with van der Waals surface area (Å²) in [4.78, 5) is 35.3. The minimum absolute atomic E-state index is 0.0388. The Morgan fingerprint density at radius 3 is 0.952 bits per heavy atom. The van der Waals surface area contributed by atoms with Crippen molar-refractivity contribution in [1.82, 2.24) is 0 Å². The van der Waals surface area contributed by atoms with E-state index in [0.717, 1.165) is 116 Å². The quantitative estimate of drug-likeness (QED) is 0.0264. The van der Waals surface area contributed by atoms with Crippen LogP contribution in [-0.4, -0.2) is 49.3 Å². The van der Waals surface area contributed by atoms with Gasteiger partial charge < -0.3 is 20.1 Å². The van der Waals surface area contributed by atoms with Crippen molar-refractivity contribution in [2.45, 2.75) is 264 Å². The van der Waals surface area contributed by atoms with Gasteiger partial charge in [0.05, 0.1) is 13.2 Å². The predicted octanol–water partition coefficient (Wildman–Crippen LogP) is 21.6. The van der Waals surface area contributed by atoms with Gasteiger partial charge in [0.1, 0.15) is 6.61 Å². The first kappa shape index (κ1) is 78.6. The molecule has 83 heavy (non-hydrogen) atoms. The fraction of sp³-hybridized carbons (Fsp3) is 0.616. The number of rotatable bonds is 60. The molecule has 0 amide bonds. The first-order valence-corrected chi connectivity index (χ1v) is 34.5. The van der Waals surface area contributed by atoms with E-state index in [-0.39, 0.29) is 32.6 Å². The second-order valence-electron chi connectivity index (χ2n) is 21.2. The second kappa shape index (κ2) is 66.8. The lowest BCUT2D eigenvalue weighted by molar-refractivity contribution is -0.161. The van der Waals surface area contributed by atoms with Gasteiger partial charge in [-0.2, -0.15) is 0 Å². The number of esters is 2. The first-order valence-electron chi connectivity index (χ1n) is 33.0. The Balaban J connectivity index is 3.98. The third-order valence-electron chi connectivity index (χ3n) is 13.4. The van der Waals surface area contributed by atoms with E-state index in [9.17, 15) is 19.0 Å². The van der Waals surface area contributed by atoms with Gasteiger partial charge in [-0.3, -0.25) is 18.6 Å². The maximum atomic E-state index is 12.7. The standard InChI is InChI=1S/C73H120NO8P/c1-3-5-7-9-11-13-15-17-19-21-23-25-27-29-31-32-33-34-35-36-37-38-40-41-43-45-47-49-51-53-55-57-59-61-63-65-72(75)79-69-71(70-81-83(77,78)80-68-67-74)82-73(76)66-64-62-60-58-56-54-52-50-48-46-44-42-39-30-28-26-24-22-20-18-16-14-12-10-8-6-4-2/h5-8,11-14,17-20,23-26,29-31,39,44,46,50,52,56,58,71H,3-4,9-10,15-16,21-22,27-28,32-38,40-43,45,47-49,51,53-55,57,59-70,74H2,1-2H3,(H,77,78)/b7-5-,8-6-,13-11-,14-12-,19-17-,20-18-,25-23-,26-24-,31-29-,39-30-,46-44-,52-50-,58-56-. The van der Waals surface area contributed by atoms with Crippen LogP contribution in [0.5, 0.6) is 0 Å². The molecule has 2 atom stereocenters. The summed E-state index contributed by atoms with van der Waals surface area (Å²) >= 11 is 0. The Morgan fingerprint density at radius 1 is 0.361 bits per heavy atom. The van der Waals surface area contributed by atoms with E-state index in [2.05, 4.69) is 172 Å². The molecule has 0 aromatic rings. The Bertz CT molecular complexity index is 1920. The van der Waals surface area contributed by atoms with Crippen molar-refractivity contribution in [3.05, 3.63) is 158 Å². The highest BCUT2D eigenvalue weighted by atomic mass is 31.2. The lowest BCUT2D eigenvalue weighted by Gasteiger charge is -2.19. The van der Waals surface area contributed by atoms with Crippen LogP contribution in [0.1, 0.15) is 258 Å². The number of phosphoric ester groups is 1. The third-order valence-corrected chi connectivity index (χ3v) is 14.4. The minimum Gasteiger partial charge on any atom is -0.462 e. The van der Waals surface area contributed by atoms with Crippen molar-refractivity contribution in [3.63, 3.8) is 0 Å². The van der Waals surface area contributed by atoms with Gasteiger partial charge in [-0.05, 0) is 122 Å². The van der Waals surface area contributed by atoms with Crippen molar-refractivity contribution in [3.8, 4) is 0 Å². The molecule has 0 aliphatic heterocycles. The molecular formula is C73H120NO8P. The number of hydrogen-bond donors (Lipinski definition) is 2. The van der Waals surface area contributed by atoms with E-state index < -0.39 is 32.5 Å². The largest absolute Gasteiger partial charge is 0.472 e. The lowest BCUT2D eigenvalue weighted by atomic mass is 10.0. The third kappa shape index (κ3) is 66.6. The number of phosphoric acid groups is 1. The number of nitrogens with two attached hydrogens (primary N) is 1. The van der Waals surface area contributed by atoms with Gasteiger partial charge in [0.2, 0.25) is 0 Å². The topological polar surface area (TPSA) is 134 Å². The van der Waals surface area contributed by atoms with Gasteiger partial charge in [0.25, 0.3) is 0 Å². The molecule has 0 rings (SSSR count). The average Bonchev–Trinajstić information content (AvgIpc) is 3.48. The zero-order valence-corrected chi connectivity index (χ0v) is 53.5. The van der Waals surface area contributed by atoms with E-state index in [0.29, 0.717) is 6.42 Å². The van der Waals surface area contributed by atoms with Crippen molar-refractivity contribution < 1.29 is 37.6 Å². The number of carbonyl (C=O) groups is 2. The van der Waals surface area contributed by atoms with E-state index in [4.69, 9.17) is 24.3 Å². The molecule has 0 spiro atoms. The molecule has 0 heterocycles. The molecule has 3 N–H and O–H groups in total. The summed E-state index contributed by atoms with van der Waals surface area (Å²) in [5.41, 5.74) is 5.39. The van der Waals surface area contributed by atoms with E-state index in [1.165, 1.54) is 109 Å². The highest BCUT2D eigenvalue weighted by Gasteiger charge is 2.26.